The van der Waals surface area contributed by atoms with Gasteiger partial charge < -0.3 is 15.1 Å². The zero-order valence-corrected chi connectivity index (χ0v) is 11.3. The number of rotatable bonds is 2. The Bertz CT molecular complexity index is 290. The quantitative estimate of drug-likeness (QED) is 0.764. The maximum atomic E-state index is 12.2. The molecule has 0 radical (unpaired) electrons. The van der Waals surface area contributed by atoms with E-state index in [0.29, 0.717) is 11.8 Å². The van der Waals surface area contributed by atoms with Gasteiger partial charge >= 0.3 is 0 Å². The lowest BCUT2D eigenvalue weighted by atomic mass is 9.99. The average molecular weight is 239 g/mol. The smallest absolute Gasteiger partial charge is 0.223 e. The van der Waals surface area contributed by atoms with E-state index in [9.17, 15) is 4.79 Å². The monoisotopic (exact) mass is 239 g/mol. The Labute approximate surface area is 104 Å². The Hall–Kier alpha value is -0.610. The van der Waals surface area contributed by atoms with Crippen LogP contribution in [0.25, 0.3) is 0 Å². The number of nitrogens with one attached hydrogen (secondary N) is 1. The highest BCUT2D eigenvalue weighted by atomic mass is 16.2. The van der Waals surface area contributed by atoms with Gasteiger partial charge in [-0.25, -0.2) is 0 Å². The lowest BCUT2D eigenvalue weighted by Crippen LogP contribution is -2.58. The number of amides is 1. The van der Waals surface area contributed by atoms with Gasteiger partial charge in [0.25, 0.3) is 0 Å². The van der Waals surface area contributed by atoms with Crippen LogP contribution >= 0.6 is 0 Å². The van der Waals surface area contributed by atoms with Gasteiger partial charge in [-0.3, -0.25) is 4.79 Å². The van der Waals surface area contributed by atoms with Crippen LogP contribution in [-0.2, 0) is 4.79 Å². The van der Waals surface area contributed by atoms with Crippen LogP contribution in [0.4, 0.5) is 0 Å². The summed E-state index contributed by atoms with van der Waals surface area (Å²) < 4.78 is 0. The van der Waals surface area contributed by atoms with Gasteiger partial charge in [0.1, 0.15) is 0 Å². The van der Waals surface area contributed by atoms with Gasteiger partial charge in [-0.2, -0.15) is 0 Å². The molecule has 2 aliphatic heterocycles. The molecule has 2 aliphatic rings. The maximum absolute atomic E-state index is 12.2. The molecule has 0 aromatic heterocycles. The summed E-state index contributed by atoms with van der Waals surface area (Å²) in [6.45, 7) is 9.18. The SMILES string of the molecule is CN1CCC(CC(=O)N2CCNC(C)(C)C2)C1. The minimum atomic E-state index is 0.0698. The van der Waals surface area contributed by atoms with E-state index < -0.39 is 0 Å². The van der Waals surface area contributed by atoms with Crippen molar-refractivity contribution < 1.29 is 4.79 Å². The molecule has 4 nitrogen and oxygen atoms in total. The number of nitrogens with zero attached hydrogens (tertiary/aromatic N) is 2. The molecule has 4 heteroatoms. The van der Waals surface area contributed by atoms with Crippen LogP contribution < -0.4 is 5.32 Å². The molecule has 0 aliphatic carbocycles. The largest absolute Gasteiger partial charge is 0.340 e. The molecule has 2 fully saturated rings. The molecule has 2 heterocycles. The molecule has 98 valence electrons. The normalized spacial score (nSPS) is 29.6. The number of hydrogen-bond acceptors (Lipinski definition) is 3. The summed E-state index contributed by atoms with van der Waals surface area (Å²) >= 11 is 0. The summed E-state index contributed by atoms with van der Waals surface area (Å²) in [5.74, 6) is 0.922. The Morgan fingerprint density at radius 1 is 1.41 bits per heavy atom. The lowest BCUT2D eigenvalue weighted by Gasteiger charge is -2.39. The van der Waals surface area contributed by atoms with E-state index >= 15 is 0 Å². The van der Waals surface area contributed by atoms with Crippen LogP contribution in [0.15, 0.2) is 0 Å². The third-order valence-corrected chi connectivity index (χ3v) is 3.88. The summed E-state index contributed by atoms with van der Waals surface area (Å²) in [6, 6.07) is 0. The molecular formula is C13H25N3O. The molecule has 0 aromatic rings. The second-order valence-corrected chi connectivity index (χ2v) is 6.25. The fourth-order valence-electron chi connectivity index (χ4n) is 2.92. The number of hydrogen-bond donors (Lipinski definition) is 1. The Balaban J connectivity index is 1.83. The summed E-state index contributed by atoms with van der Waals surface area (Å²) in [5.41, 5.74) is 0.0698. The predicted octanol–water partition coefficient (Wildman–Crippen LogP) is 0.539. The van der Waals surface area contributed by atoms with Crippen molar-refractivity contribution in [1.82, 2.24) is 15.1 Å². The van der Waals surface area contributed by atoms with E-state index in [-0.39, 0.29) is 5.54 Å². The molecule has 17 heavy (non-hydrogen) atoms. The summed E-state index contributed by atoms with van der Waals surface area (Å²) in [4.78, 5) is 16.6. The van der Waals surface area contributed by atoms with E-state index in [2.05, 4.69) is 31.1 Å². The standard InChI is InChI=1S/C13H25N3O/c1-13(2)10-16(7-5-14-13)12(17)8-11-4-6-15(3)9-11/h11,14H,4-10H2,1-3H3. The molecule has 1 amide bonds. The Morgan fingerprint density at radius 3 is 2.76 bits per heavy atom. The average Bonchev–Trinajstić information content (AvgIpc) is 2.62. The Morgan fingerprint density at radius 2 is 2.18 bits per heavy atom. The van der Waals surface area contributed by atoms with Gasteiger partial charge in [0.2, 0.25) is 5.91 Å². The molecule has 0 saturated carbocycles. The van der Waals surface area contributed by atoms with E-state index in [1.54, 1.807) is 0 Å². The zero-order valence-electron chi connectivity index (χ0n) is 11.3. The van der Waals surface area contributed by atoms with Crippen molar-refractivity contribution >= 4 is 5.91 Å². The minimum Gasteiger partial charge on any atom is -0.340 e. The van der Waals surface area contributed by atoms with Crippen LogP contribution in [0.3, 0.4) is 0 Å². The van der Waals surface area contributed by atoms with Crippen LogP contribution in [0, 0.1) is 5.92 Å². The van der Waals surface area contributed by atoms with Crippen LogP contribution in [-0.4, -0.2) is 61.0 Å². The topological polar surface area (TPSA) is 35.6 Å². The van der Waals surface area contributed by atoms with Crippen LogP contribution in [0.2, 0.25) is 0 Å². The molecule has 2 saturated heterocycles. The van der Waals surface area contributed by atoms with Crippen molar-refractivity contribution in [2.75, 3.05) is 39.8 Å². The zero-order chi connectivity index (χ0) is 12.5. The van der Waals surface area contributed by atoms with Gasteiger partial charge in [0, 0.05) is 38.1 Å². The first-order valence-corrected chi connectivity index (χ1v) is 6.68. The molecule has 0 spiro atoms. The van der Waals surface area contributed by atoms with E-state index in [4.69, 9.17) is 0 Å². The van der Waals surface area contributed by atoms with Crippen LogP contribution in [0.1, 0.15) is 26.7 Å². The van der Waals surface area contributed by atoms with E-state index in [0.717, 1.165) is 39.1 Å². The van der Waals surface area contributed by atoms with Gasteiger partial charge in [-0.05, 0) is 39.8 Å². The molecule has 1 unspecified atom stereocenters. The van der Waals surface area contributed by atoms with Crippen molar-refractivity contribution in [3.05, 3.63) is 0 Å². The van der Waals surface area contributed by atoms with Crippen molar-refractivity contribution in [1.29, 1.82) is 0 Å². The van der Waals surface area contributed by atoms with Gasteiger partial charge in [0.15, 0.2) is 0 Å². The predicted molar refractivity (Wildman–Crippen MR) is 68.9 cm³/mol. The van der Waals surface area contributed by atoms with Crippen LogP contribution in [0.5, 0.6) is 0 Å². The molecule has 0 bridgehead atoms. The summed E-state index contributed by atoms with van der Waals surface area (Å²) in [6.07, 6.45) is 1.91. The third kappa shape index (κ3) is 3.42. The molecule has 1 atom stereocenters. The highest BCUT2D eigenvalue weighted by molar-refractivity contribution is 5.76. The lowest BCUT2D eigenvalue weighted by molar-refractivity contribution is -0.134. The van der Waals surface area contributed by atoms with Crippen molar-refractivity contribution in [3.8, 4) is 0 Å². The maximum Gasteiger partial charge on any atom is 0.223 e. The summed E-state index contributed by atoms with van der Waals surface area (Å²) in [7, 11) is 2.14. The van der Waals surface area contributed by atoms with Crippen molar-refractivity contribution in [3.63, 3.8) is 0 Å². The number of carbonyl (C=O) groups excluding carboxylic acids is 1. The number of piperazine rings is 1. The van der Waals surface area contributed by atoms with Crippen molar-refractivity contribution in [2.45, 2.75) is 32.2 Å². The van der Waals surface area contributed by atoms with E-state index in [1.807, 2.05) is 4.90 Å². The molecular weight excluding hydrogens is 214 g/mol. The van der Waals surface area contributed by atoms with Crippen molar-refractivity contribution in [2.24, 2.45) is 5.92 Å². The number of likely N-dealkylation sites (tertiary alicyclic amines) is 1. The summed E-state index contributed by atoms with van der Waals surface area (Å²) in [5, 5.41) is 3.44. The molecule has 0 aromatic carbocycles. The highest BCUT2D eigenvalue weighted by Gasteiger charge is 2.30. The van der Waals surface area contributed by atoms with Gasteiger partial charge in [-0.1, -0.05) is 0 Å². The molecule has 2 rings (SSSR count). The second kappa shape index (κ2) is 4.94. The third-order valence-electron chi connectivity index (χ3n) is 3.88. The fraction of sp³-hybridized carbons (Fsp3) is 0.923. The Kier molecular flexibility index (Phi) is 3.73. The van der Waals surface area contributed by atoms with Gasteiger partial charge in [-0.15, -0.1) is 0 Å². The fourth-order valence-corrected chi connectivity index (χ4v) is 2.92. The first kappa shape index (κ1) is 12.8. The minimum absolute atomic E-state index is 0.0698. The molecule has 1 N–H and O–H groups in total. The second-order valence-electron chi connectivity index (χ2n) is 6.25. The first-order valence-electron chi connectivity index (χ1n) is 6.68. The number of carbonyl (C=O) groups is 1. The first-order chi connectivity index (χ1) is 7.96. The van der Waals surface area contributed by atoms with Gasteiger partial charge in [0.05, 0.1) is 0 Å². The highest BCUT2D eigenvalue weighted by Crippen LogP contribution is 2.20. The van der Waals surface area contributed by atoms with E-state index in [1.165, 1.54) is 6.42 Å².